The molecule has 24 heavy (non-hydrogen) atoms. The van der Waals surface area contributed by atoms with Crippen molar-refractivity contribution in [3.8, 4) is 5.75 Å². The second-order valence-electron chi connectivity index (χ2n) is 7.07. The lowest BCUT2D eigenvalue weighted by Crippen LogP contribution is -3.13. The molecule has 1 unspecified atom stereocenters. The molecule has 0 aliphatic carbocycles. The minimum atomic E-state index is -0.439. The van der Waals surface area contributed by atoms with Gasteiger partial charge in [-0.1, -0.05) is 30.3 Å². The zero-order valence-electron chi connectivity index (χ0n) is 14.9. The molecule has 3 nitrogen and oxygen atoms in total. The van der Waals surface area contributed by atoms with E-state index in [0.29, 0.717) is 6.61 Å². The van der Waals surface area contributed by atoms with Crippen molar-refractivity contribution >= 4 is 0 Å². The molecule has 2 atom stereocenters. The first kappa shape index (κ1) is 17.0. The summed E-state index contributed by atoms with van der Waals surface area (Å²) in [5, 5.41) is 10.4. The highest BCUT2D eigenvalue weighted by molar-refractivity contribution is 5.41. The van der Waals surface area contributed by atoms with Crippen LogP contribution in [0.5, 0.6) is 5.75 Å². The van der Waals surface area contributed by atoms with Gasteiger partial charge in [-0.3, -0.25) is 0 Å². The summed E-state index contributed by atoms with van der Waals surface area (Å²) in [5.74, 6) is 0.894. The minimum Gasteiger partial charge on any atom is -0.490 e. The fraction of sp³-hybridized carbons (Fsp3) is 0.429. The molecule has 3 rings (SSSR count). The molecule has 1 heterocycles. The molecule has 0 spiro atoms. The molecule has 3 heteroatoms. The van der Waals surface area contributed by atoms with Gasteiger partial charge in [-0.15, -0.1) is 0 Å². The highest BCUT2D eigenvalue weighted by atomic mass is 16.5. The van der Waals surface area contributed by atoms with Gasteiger partial charge < -0.3 is 14.7 Å². The van der Waals surface area contributed by atoms with Crippen molar-refractivity contribution in [1.82, 2.24) is 0 Å². The molecule has 2 N–H and O–H groups in total. The molecule has 0 radical (unpaired) electrons. The monoisotopic (exact) mass is 326 g/mol. The van der Waals surface area contributed by atoms with Crippen LogP contribution in [0.1, 0.15) is 27.8 Å². The van der Waals surface area contributed by atoms with Crippen LogP contribution in [0.3, 0.4) is 0 Å². The predicted molar refractivity (Wildman–Crippen MR) is 96.7 cm³/mol. The number of aryl methyl sites for hydroxylation is 2. The molecular formula is C21H28NO2+. The van der Waals surface area contributed by atoms with Crippen LogP contribution >= 0.6 is 0 Å². The third-order valence-corrected chi connectivity index (χ3v) is 5.03. The molecule has 128 valence electrons. The molecule has 0 fully saturated rings. The molecule has 0 aromatic heterocycles. The summed E-state index contributed by atoms with van der Waals surface area (Å²) < 4.78 is 5.91. The molecule has 2 aromatic carbocycles. The van der Waals surface area contributed by atoms with Crippen LogP contribution in [0.25, 0.3) is 0 Å². The van der Waals surface area contributed by atoms with E-state index in [1.165, 1.54) is 27.2 Å². The van der Waals surface area contributed by atoms with E-state index in [9.17, 15) is 5.11 Å². The van der Waals surface area contributed by atoms with Gasteiger partial charge >= 0.3 is 0 Å². The Balaban J connectivity index is 1.54. The lowest BCUT2D eigenvalue weighted by Gasteiger charge is -2.27. The van der Waals surface area contributed by atoms with Crippen LogP contribution in [-0.2, 0) is 13.0 Å². The first-order valence-corrected chi connectivity index (χ1v) is 8.82. The zero-order chi connectivity index (χ0) is 17.1. The van der Waals surface area contributed by atoms with Gasteiger partial charge in [-0.25, -0.2) is 0 Å². The average molecular weight is 326 g/mol. The fourth-order valence-electron chi connectivity index (χ4n) is 3.55. The van der Waals surface area contributed by atoms with E-state index in [1.807, 2.05) is 0 Å². The molecular weight excluding hydrogens is 298 g/mol. The Kier molecular flexibility index (Phi) is 5.22. The Hall–Kier alpha value is -1.84. The normalized spacial score (nSPS) is 18.1. The first-order chi connectivity index (χ1) is 11.5. The van der Waals surface area contributed by atoms with Crippen LogP contribution < -0.4 is 9.64 Å². The SMILES string of the molecule is Cc1cc(C)c(C)c(OC[C@H](O)C[NH+]2CCc3ccccc3C2)c1. The fourth-order valence-corrected chi connectivity index (χ4v) is 3.55. The number of nitrogens with one attached hydrogen (secondary N) is 1. The number of rotatable bonds is 5. The van der Waals surface area contributed by atoms with E-state index in [2.05, 4.69) is 57.2 Å². The number of benzene rings is 2. The quantitative estimate of drug-likeness (QED) is 0.881. The molecule has 0 saturated carbocycles. The third kappa shape index (κ3) is 3.97. The van der Waals surface area contributed by atoms with E-state index < -0.39 is 6.10 Å². The second kappa shape index (κ2) is 7.37. The second-order valence-corrected chi connectivity index (χ2v) is 7.07. The van der Waals surface area contributed by atoms with E-state index in [1.54, 1.807) is 0 Å². The number of aliphatic hydroxyl groups is 1. The minimum absolute atomic E-state index is 0.356. The van der Waals surface area contributed by atoms with Gasteiger partial charge in [0.1, 0.15) is 31.5 Å². The van der Waals surface area contributed by atoms with Gasteiger partial charge in [0.25, 0.3) is 0 Å². The van der Waals surface area contributed by atoms with Crippen LogP contribution in [0, 0.1) is 20.8 Å². The number of hydrogen-bond acceptors (Lipinski definition) is 2. The van der Waals surface area contributed by atoms with E-state index in [0.717, 1.165) is 37.4 Å². The van der Waals surface area contributed by atoms with E-state index in [4.69, 9.17) is 4.74 Å². The van der Waals surface area contributed by atoms with Gasteiger partial charge in [-0.05, 0) is 49.1 Å². The Labute approximate surface area is 144 Å². The largest absolute Gasteiger partial charge is 0.490 e. The zero-order valence-corrected chi connectivity index (χ0v) is 14.9. The number of quaternary nitrogens is 1. The highest BCUT2D eigenvalue weighted by Crippen LogP contribution is 2.23. The summed E-state index contributed by atoms with van der Waals surface area (Å²) in [6.45, 7) is 9.41. The molecule has 1 aliphatic heterocycles. The Morgan fingerprint density at radius 2 is 1.88 bits per heavy atom. The van der Waals surface area contributed by atoms with E-state index in [-0.39, 0.29) is 0 Å². The lowest BCUT2D eigenvalue weighted by atomic mass is 10.00. The van der Waals surface area contributed by atoms with Crippen molar-refractivity contribution in [3.05, 3.63) is 64.2 Å². The number of aliphatic hydroxyl groups excluding tert-OH is 1. The summed E-state index contributed by atoms with van der Waals surface area (Å²) in [7, 11) is 0. The summed E-state index contributed by atoms with van der Waals surface area (Å²) in [6, 6.07) is 12.8. The standard InChI is InChI=1S/C21H27NO2/c1-15-10-16(2)17(3)21(11-15)24-14-20(23)13-22-9-8-18-6-4-5-7-19(18)12-22/h4-7,10-11,20,23H,8-9,12-14H2,1-3H3/p+1/t20-/m1/s1. The maximum absolute atomic E-state index is 10.4. The summed E-state index contributed by atoms with van der Waals surface area (Å²) in [5.41, 5.74) is 6.46. The van der Waals surface area contributed by atoms with Crippen molar-refractivity contribution in [2.45, 2.75) is 39.8 Å². The van der Waals surface area contributed by atoms with Crippen molar-refractivity contribution in [2.75, 3.05) is 19.7 Å². The van der Waals surface area contributed by atoms with Crippen LogP contribution in [0.15, 0.2) is 36.4 Å². The van der Waals surface area contributed by atoms with Gasteiger partial charge in [0.15, 0.2) is 0 Å². The third-order valence-electron chi connectivity index (χ3n) is 5.03. The summed E-state index contributed by atoms with van der Waals surface area (Å²) in [6.07, 6.45) is 0.653. The van der Waals surface area contributed by atoms with E-state index >= 15 is 0 Å². The van der Waals surface area contributed by atoms with Gasteiger partial charge in [0.05, 0.1) is 6.54 Å². The van der Waals surface area contributed by atoms with Crippen molar-refractivity contribution in [2.24, 2.45) is 0 Å². The van der Waals surface area contributed by atoms with Crippen molar-refractivity contribution < 1.29 is 14.7 Å². The summed E-state index contributed by atoms with van der Waals surface area (Å²) in [4.78, 5) is 1.43. The molecule has 2 aromatic rings. The molecule has 0 bridgehead atoms. The van der Waals surface area contributed by atoms with Crippen molar-refractivity contribution in [3.63, 3.8) is 0 Å². The maximum atomic E-state index is 10.4. The lowest BCUT2D eigenvalue weighted by molar-refractivity contribution is -0.918. The average Bonchev–Trinajstić information content (AvgIpc) is 2.56. The molecule has 0 amide bonds. The van der Waals surface area contributed by atoms with Crippen LogP contribution in [0.2, 0.25) is 0 Å². The number of fused-ring (bicyclic) bond motifs is 1. The van der Waals surface area contributed by atoms with Crippen LogP contribution in [-0.4, -0.2) is 30.9 Å². The first-order valence-electron chi connectivity index (χ1n) is 8.82. The Morgan fingerprint density at radius 3 is 2.67 bits per heavy atom. The van der Waals surface area contributed by atoms with Gasteiger partial charge in [0, 0.05) is 12.0 Å². The van der Waals surface area contributed by atoms with Gasteiger partial charge in [-0.2, -0.15) is 0 Å². The number of ether oxygens (including phenoxy) is 1. The van der Waals surface area contributed by atoms with Gasteiger partial charge in [0.2, 0.25) is 0 Å². The predicted octanol–water partition coefficient (Wildman–Crippen LogP) is 1.99. The maximum Gasteiger partial charge on any atom is 0.137 e. The summed E-state index contributed by atoms with van der Waals surface area (Å²) >= 11 is 0. The Bertz CT molecular complexity index is 711. The molecule has 0 saturated heterocycles. The Morgan fingerprint density at radius 1 is 1.12 bits per heavy atom. The van der Waals surface area contributed by atoms with Crippen molar-refractivity contribution in [1.29, 1.82) is 0 Å². The topological polar surface area (TPSA) is 33.9 Å². The highest BCUT2D eigenvalue weighted by Gasteiger charge is 2.22. The molecule has 1 aliphatic rings. The number of hydrogen-bond donors (Lipinski definition) is 2. The van der Waals surface area contributed by atoms with Crippen LogP contribution in [0.4, 0.5) is 0 Å². The smallest absolute Gasteiger partial charge is 0.137 e.